The molecule has 2 unspecified atom stereocenters. The number of hydrogen-bond acceptors (Lipinski definition) is 4. The third-order valence-corrected chi connectivity index (χ3v) is 6.05. The molecule has 1 N–H and O–H groups in total. The van der Waals surface area contributed by atoms with Crippen LogP contribution in [0.3, 0.4) is 0 Å². The zero-order valence-electron chi connectivity index (χ0n) is 12.9. The van der Waals surface area contributed by atoms with Crippen LogP contribution in [0, 0.1) is 5.41 Å². The average molecular weight is 303 g/mol. The molecule has 2 aliphatic carbocycles. The van der Waals surface area contributed by atoms with Crippen LogP contribution in [0.15, 0.2) is 0 Å². The van der Waals surface area contributed by atoms with E-state index in [9.17, 15) is 8.42 Å². The van der Waals surface area contributed by atoms with Crippen LogP contribution in [0.4, 0.5) is 0 Å². The second-order valence-electron chi connectivity index (χ2n) is 6.46. The monoisotopic (exact) mass is 303 g/mol. The van der Waals surface area contributed by atoms with Gasteiger partial charge in [0.2, 0.25) is 0 Å². The third-order valence-electron chi connectivity index (χ3n) is 5.02. The molecule has 1 spiro atoms. The molecule has 0 aromatic heterocycles. The summed E-state index contributed by atoms with van der Waals surface area (Å²) in [5.74, 6) is 0.286. The number of hydrogen-bond donors (Lipinski definition) is 1. The predicted octanol–water partition coefficient (Wildman–Crippen LogP) is 2.14. The van der Waals surface area contributed by atoms with Crippen LogP contribution in [0.2, 0.25) is 0 Å². The Hall–Kier alpha value is -0.130. The highest BCUT2D eigenvalue weighted by atomic mass is 32.2. The summed E-state index contributed by atoms with van der Waals surface area (Å²) in [5.41, 5.74) is 0.333. The second kappa shape index (κ2) is 6.75. The summed E-state index contributed by atoms with van der Waals surface area (Å²) in [6.07, 6.45) is 10.0. The SMILES string of the molecule is CCOC1CC(NCCCS(C)(=O)=O)C12CCCCC2. The van der Waals surface area contributed by atoms with E-state index in [1.54, 1.807) is 0 Å². The first-order chi connectivity index (χ1) is 9.48. The minimum atomic E-state index is -2.83. The van der Waals surface area contributed by atoms with Gasteiger partial charge in [0.25, 0.3) is 0 Å². The van der Waals surface area contributed by atoms with E-state index in [1.807, 2.05) is 0 Å². The maximum atomic E-state index is 11.1. The number of sulfone groups is 1. The van der Waals surface area contributed by atoms with Gasteiger partial charge in [-0.1, -0.05) is 19.3 Å². The van der Waals surface area contributed by atoms with E-state index >= 15 is 0 Å². The van der Waals surface area contributed by atoms with Crippen LogP contribution in [0.1, 0.15) is 51.9 Å². The molecule has 0 amide bonds. The molecule has 0 saturated heterocycles. The highest BCUT2D eigenvalue weighted by Gasteiger charge is 2.55. The van der Waals surface area contributed by atoms with E-state index in [-0.39, 0.29) is 5.75 Å². The van der Waals surface area contributed by atoms with Crippen LogP contribution in [-0.2, 0) is 14.6 Å². The Morgan fingerprint density at radius 3 is 2.55 bits per heavy atom. The topological polar surface area (TPSA) is 55.4 Å². The molecule has 2 saturated carbocycles. The molecular weight excluding hydrogens is 274 g/mol. The number of ether oxygens (including phenoxy) is 1. The maximum Gasteiger partial charge on any atom is 0.147 e. The Labute approximate surface area is 123 Å². The zero-order valence-corrected chi connectivity index (χ0v) is 13.7. The molecule has 0 heterocycles. The fourth-order valence-corrected chi connectivity index (χ4v) is 4.63. The van der Waals surface area contributed by atoms with Gasteiger partial charge in [-0.25, -0.2) is 8.42 Å². The molecule has 2 fully saturated rings. The summed E-state index contributed by atoms with van der Waals surface area (Å²) in [6, 6.07) is 0.527. The van der Waals surface area contributed by atoms with Gasteiger partial charge in [-0.05, 0) is 39.2 Å². The fraction of sp³-hybridized carbons (Fsp3) is 1.00. The molecule has 2 aliphatic rings. The molecule has 4 nitrogen and oxygen atoms in total. The highest BCUT2D eigenvalue weighted by Crippen LogP contribution is 2.53. The summed E-state index contributed by atoms with van der Waals surface area (Å²) >= 11 is 0. The summed E-state index contributed by atoms with van der Waals surface area (Å²) in [7, 11) is -2.83. The molecule has 118 valence electrons. The van der Waals surface area contributed by atoms with E-state index in [2.05, 4.69) is 12.2 Å². The van der Waals surface area contributed by atoms with Crippen molar-refractivity contribution >= 4 is 9.84 Å². The summed E-state index contributed by atoms with van der Waals surface area (Å²) < 4.78 is 28.2. The van der Waals surface area contributed by atoms with Crippen molar-refractivity contribution in [3.05, 3.63) is 0 Å². The largest absolute Gasteiger partial charge is 0.378 e. The van der Waals surface area contributed by atoms with E-state index in [0.717, 1.165) is 19.6 Å². The van der Waals surface area contributed by atoms with Crippen molar-refractivity contribution in [3.8, 4) is 0 Å². The smallest absolute Gasteiger partial charge is 0.147 e. The van der Waals surface area contributed by atoms with Gasteiger partial charge in [0.15, 0.2) is 0 Å². The van der Waals surface area contributed by atoms with Crippen molar-refractivity contribution in [2.24, 2.45) is 5.41 Å². The van der Waals surface area contributed by atoms with Gasteiger partial charge in [-0.3, -0.25) is 0 Å². The minimum absolute atomic E-state index is 0.286. The number of rotatable bonds is 7. The first kappa shape index (κ1) is 16.2. The fourth-order valence-electron chi connectivity index (χ4n) is 3.96. The van der Waals surface area contributed by atoms with Crippen LogP contribution in [0.5, 0.6) is 0 Å². The first-order valence-corrected chi connectivity index (χ1v) is 10.1. The van der Waals surface area contributed by atoms with Crippen LogP contribution >= 0.6 is 0 Å². The van der Waals surface area contributed by atoms with Gasteiger partial charge in [0.1, 0.15) is 9.84 Å². The van der Waals surface area contributed by atoms with Crippen molar-refractivity contribution in [1.82, 2.24) is 5.32 Å². The quantitative estimate of drug-likeness (QED) is 0.732. The Morgan fingerprint density at radius 1 is 1.25 bits per heavy atom. The zero-order chi connectivity index (χ0) is 14.6. The van der Waals surface area contributed by atoms with Gasteiger partial charge >= 0.3 is 0 Å². The maximum absolute atomic E-state index is 11.1. The first-order valence-electron chi connectivity index (χ1n) is 8.00. The highest BCUT2D eigenvalue weighted by molar-refractivity contribution is 7.90. The lowest BCUT2D eigenvalue weighted by atomic mass is 9.55. The molecule has 20 heavy (non-hydrogen) atoms. The van der Waals surface area contributed by atoms with Crippen LogP contribution in [-0.4, -0.2) is 45.7 Å². The molecule has 0 aliphatic heterocycles. The normalized spacial score (nSPS) is 29.3. The summed E-state index contributed by atoms with van der Waals surface area (Å²) in [4.78, 5) is 0. The molecule has 2 atom stereocenters. The Morgan fingerprint density at radius 2 is 1.95 bits per heavy atom. The predicted molar refractivity (Wildman–Crippen MR) is 81.7 cm³/mol. The van der Waals surface area contributed by atoms with Crippen LogP contribution in [0.25, 0.3) is 0 Å². The average Bonchev–Trinajstić information content (AvgIpc) is 2.41. The van der Waals surface area contributed by atoms with Gasteiger partial charge in [-0.15, -0.1) is 0 Å². The van der Waals surface area contributed by atoms with E-state index < -0.39 is 9.84 Å². The molecule has 0 aromatic rings. The van der Waals surface area contributed by atoms with Crippen molar-refractivity contribution in [1.29, 1.82) is 0 Å². The lowest BCUT2D eigenvalue weighted by molar-refractivity contribution is -0.149. The van der Waals surface area contributed by atoms with E-state index in [0.29, 0.717) is 24.0 Å². The molecule has 0 aromatic carbocycles. The molecular formula is C15H29NO3S. The lowest BCUT2D eigenvalue weighted by Gasteiger charge is -2.58. The minimum Gasteiger partial charge on any atom is -0.378 e. The molecule has 2 rings (SSSR count). The van der Waals surface area contributed by atoms with Gasteiger partial charge in [0, 0.05) is 24.3 Å². The van der Waals surface area contributed by atoms with Crippen molar-refractivity contribution in [2.75, 3.05) is 25.2 Å². The third kappa shape index (κ3) is 3.74. The summed E-state index contributed by atoms with van der Waals surface area (Å²) in [5, 5.41) is 3.60. The van der Waals surface area contributed by atoms with E-state index in [1.165, 1.54) is 38.4 Å². The Balaban J connectivity index is 1.82. The van der Waals surface area contributed by atoms with Gasteiger partial charge in [0.05, 0.1) is 11.9 Å². The summed E-state index contributed by atoms with van der Waals surface area (Å²) in [6.45, 7) is 3.68. The van der Waals surface area contributed by atoms with E-state index in [4.69, 9.17) is 4.74 Å². The Bertz CT molecular complexity index is 401. The van der Waals surface area contributed by atoms with Gasteiger partial charge < -0.3 is 10.1 Å². The van der Waals surface area contributed by atoms with Crippen molar-refractivity contribution in [2.45, 2.75) is 64.0 Å². The van der Waals surface area contributed by atoms with Crippen molar-refractivity contribution in [3.63, 3.8) is 0 Å². The van der Waals surface area contributed by atoms with Crippen molar-refractivity contribution < 1.29 is 13.2 Å². The molecule has 0 radical (unpaired) electrons. The van der Waals surface area contributed by atoms with Crippen LogP contribution < -0.4 is 5.32 Å². The standard InChI is InChI=1S/C15H29NO3S/c1-3-19-14-12-13(15(14)8-5-4-6-9-15)16-10-7-11-20(2,17)18/h13-14,16H,3-12H2,1-2H3. The van der Waals surface area contributed by atoms with Gasteiger partial charge in [-0.2, -0.15) is 0 Å². The Kier molecular flexibility index (Phi) is 5.49. The lowest BCUT2D eigenvalue weighted by Crippen LogP contribution is -2.64. The molecule has 5 heteroatoms. The second-order valence-corrected chi connectivity index (χ2v) is 8.72. The molecule has 0 bridgehead atoms. The number of nitrogens with one attached hydrogen (secondary N) is 1.